The third kappa shape index (κ3) is 3.52. The van der Waals surface area contributed by atoms with E-state index in [4.69, 9.17) is 10.00 Å². The predicted octanol–water partition coefficient (Wildman–Crippen LogP) is 2.25. The molecule has 2 fully saturated rings. The third-order valence-corrected chi connectivity index (χ3v) is 4.11. The van der Waals surface area contributed by atoms with Gasteiger partial charge in [-0.15, -0.1) is 0 Å². The van der Waals surface area contributed by atoms with Gasteiger partial charge in [0.15, 0.2) is 0 Å². The first-order valence-electron chi connectivity index (χ1n) is 7.54. The van der Waals surface area contributed by atoms with Crippen molar-refractivity contribution in [1.82, 2.24) is 9.88 Å². The summed E-state index contributed by atoms with van der Waals surface area (Å²) >= 11 is 0. The number of piperidine rings is 1. The number of pyridine rings is 1. The average Bonchev–Trinajstić information content (AvgIpc) is 3.37. The normalized spacial score (nSPS) is 19.1. The van der Waals surface area contributed by atoms with E-state index in [1.165, 1.54) is 12.8 Å². The van der Waals surface area contributed by atoms with Gasteiger partial charge in [0.25, 0.3) is 5.91 Å². The van der Waals surface area contributed by atoms with Crippen molar-refractivity contribution in [3.05, 3.63) is 23.9 Å². The summed E-state index contributed by atoms with van der Waals surface area (Å²) in [6, 6.07) is 5.73. The molecule has 0 unspecified atom stereocenters. The molecule has 1 amide bonds. The summed E-state index contributed by atoms with van der Waals surface area (Å²) in [7, 11) is 0. The zero-order chi connectivity index (χ0) is 14.7. The van der Waals surface area contributed by atoms with Gasteiger partial charge in [0.05, 0.1) is 12.7 Å². The molecular weight excluding hydrogens is 266 g/mol. The Bertz CT molecular complexity index is 555. The molecule has 1 aliphatic heterocycles. The van der Waals surface area contributed by atoms with Crippen LogP contribution in [0.4, 0.5) is 0 Å². The van der Waals surface area contributed by atoms with Crippen molar-refractivity contribution in [2.75, 3.05) is 19.7 Å². The Labute approximate surface area is 124 Å². The summed E-state index contributed by atoms with van der Waals surface area (Å²) in [5.74, 6) is 1.28. The lowest BCUT2D eigenvalue weighted by Gasteiger charge is -2.29. The third-order valence-electron chi connectivity index (χ3n) is 4.11. The van der Waals surface area contributed by atoms with E-state index in [1.807, 2.05) is 4.90 Å². The van der Waals surface area contributed by atoms with E-state index in [2.05, 4.69) is 11.1 Å². The van der Waals surface area contributed by atoms with Gasteiger partial charge in [0, 0.05) is 36.8 Å². The van der Waals surface area contributed by atoms with Crippen LogP contribution in [0.1, 0.15) is 36.0 Å². The maximum Gasteiger partial charge on any atom is 0.254 e. The molecule has 1 aliphatic carbocycles. The summed E-state index contributed by atoms with van der Waals surface area (Å²) in [6.07, 6.45) is 5.60. The van der Waals surface area contributed by atoms with Crippen molar-refractivity contribution in [2.45, 2.75) is 25.7 Å². The molecule has 1 aromatic rings. The molecule has 110 valence electrons. The number of carbonyl (C=O) groups excluding carboxylic acids is 1. The van der Waals surface area contributed by atoms with Crippen molar-refractivity contribution in [1.29, 1.82) is 5.26 Å². The Balaban J connectivity index is 1.61. The van der Waals surface area contributed by atoms with Crippen LogP contribution in [0.5, 0.6) is 5.88 Å². The molecule has 0 radical (unpaired) electrons. The summed E-state index contributed by atoms with van der Waals surface area (Å²) in [6.45, 7) is 1.99. The van der Waals surface area contributed by atoms with Crippen molar-refractivity contribution in [3.8, 4) is 11.9 Å². The summed E-state index contributed by atoms with van der Waals surface area (Å²) in [4.78, 5) is 18.4. The van der Waals surface area contributed by atoms with Crippen LogP contribution >= 0.6 is 0 Å². The second-order valence-electron chi connectivity index (χ2n) is 5.83. The van der Waals surface area contributed by atoms with E-state index in [9.17, 15) is 4.79 Å². The molecule has 0 N–H and O–H groups in total. The SMILES string of the molecule is N#CC1CCN(C(=O)c2ccnc(OCC3CC3)c2)CC1. The molecule has 1 saturated heterocycles. The number of likely N-dealkylation sites (tertiary alicyclic amines) is 1. The number of hydrogen-bond acceptors (Lipinski definition) is 4. The highest BCUT2D eigenvalue weighted by Gasteiger charge is 2.24. The van der Waals surface area contributed by atoms with Crippen LogP contribution in [0.2, 0.25) is 0 Å². The minimum atomic E-state index is 0.00469. The van der Waals surface area contributed by atoms with Gasteiger partial charge in [-0.1, -0.05) is 0 Å². The number of hydrogen-bond donors (Lipinski definition) is 0. The fraction of sp³-hybridized carbons (Fsp3) is 0.562. The Morgan fingerprint density at radius 2 is 2.14 bits per heavy atom. The van der Waals surface area contributed by atoms with Crippen molar-refractivity contribution < 1.29 is 9.53 Å². The minimum Gasteiger partial charge on any atom is -0.477 e. The predicted molar refractivity (Wildman–Crippen MR) is 76.7 cm³/mol. The standard InChI is InChI=1S/C16H19N3O2/c17-10-12-4-7-19(8-5-12)16(20)14-3-6-18-15(9-14)21-11-13-1-2-13/h3,6,9,12-13H,1-2,4-5,7-8,11H2. The van der Waals surface area contributed by atoms with Crippen LogP contribution in [0.15, 0.2) is 18.3 Å². The van der Waals surface area contributed by atoms with Crippen molar-refractivity contribution >= 4 is 5.91 Å². The molecule has 1 aromatic heterocycles. The Hall–Kier alpha value is -2.09. The highest BCUT2D eigenvalue weighted by atomic mass is 16.5. The van der Waals surface area contributed by atoms with Gasteiger partial charge in [0.2, 0.25) is 5.88 Å². The molecule has 21 heavy (non-hydrogen) atoms. The molecule has 0 spiro atoms. The lowest BCUT2D eigenvalue weighted by molar-refractivity contribution is 0.0706. The second kappa shape index (κ2) is 6.13. The molecule has 2 heterocycles. The molecular formula is C16H19N3O2. The summed E-state index contributed by atoms with van der Waals surface area (Å²) < 4.78 is 5.62. The van der Waals surface area contributed by atoms with Crippen LogP contribution in [0.25, 0.3) is 0 Å². The van der Waals surface area contributed by atoms with E-state index in [0.717, 1.165) is 12.8 Å². The molecule has 5 nitrogen and oxygen atoms in total. The Morgan fingerprint density at radius 1 is 1.38 bits per heavy atom. The number of ether oxygens (including phenoxy) is 1. The van der Waals surface area contributed by atoms with Crippen LogP contribution in [-0.2, 0) is 0 Å². The fourth-order valence-corrected chi connectivity index (χ4v) is 2.50. The average molecular weight is 285 g/mol. The number of aromatic nitrogens is 1. The topological polar surface area (TPSA) is 66.2 Å². The molecule has 0 bridgehead atoms. The van der Waals surface area contributed by atoms with E-state index in [-0.39, 0.29) is 11.8 Å². The maximum atomic E-state index is 12.5. The van der Waals surface area contributed by atoms with Crippen LogP contribution in [-0.4, -0.2) is 35.5 Å². The first-order chi connectivity index (χ1) is 10.3. The first-order valence-corrected chi connectivity index (χ1v) is 7.54. The number of carbonyl (C=O) groups is 1. The maximum absolute atomic E-state index is 12.5. The van der Waals surface area contributed by atoms with Gasteiger partial charge in [-0.3, -0.25) is 4.79 Å². The minimum absolute atomic E-state index is 0.00469. The van der Waals surface area contributed by atoms with E-state index in [0.29, 0.717) is 37.1 Å². The van der Waals surface area contributed by atoms with Gasteiger partial charge in [-0.25, -0.2) is 4.98 Å². The number of nitriles is 1. The first kappa shape index (κ1) is 13.9. The molecule has 1 saturated carbocycles. The largest absolute Gasteiger partial charge is 0.477 e. The molecule has 2 aliphatic rings. The number of rotatable bonds is 4. The lowest BCUT2D eigenvalue weighted by atomic mass is 9.98. The molecule has 0 atom stereocenters. The van der Waals surface area contributed by atoms with E-state index in [1.54, 1.807) is 18.3 Å². The van der Waals surface area contributed by atoms with Crippen LogP contribution in [0, 0.1) is 23.2 Å². The smallest absolute Gasteiger partial charge is 0.254 e. The van der Waals surface area contributed by atoms with Gasteiger partial charge in [-0.2, -0.15) is 5.26 Å². The van der Waals surface area contributed by atoms with Crippen LogP contribution < -0.4 is 4.74 Å². The van der Waals surface area contributed by atoms with Gasteiger partial charge >= 0.3 is 0 Å². The van der Waals surface area contributed by atoms with Gasteiger partial charge in [-0.05, 0) is 37.7 Å². The monoisotopic (exact) mass is 285 g/mol. The number of nitrogens with zero attached hydrogens (tertiary/aromatic N) is 3. The lowest BCUT2D eigenvalue weighted by Crippen LogP contribution is -2.38. The van der Waals surface area contributed by atoms with Gasteiger partial charge < -0.3 is 9.64 Å². The highest BCUT2D eigenvalue weighted by Crippen LogP contribution is 2.29. The fourth-order valence-electron chi connectivity index (χ4n) is 2.50. The van der Waals surface area contributed by atoms with Crippen molar-refractivity contribution in [2.24, 2.45) is 11.8 Å². The quantitative estimate of drug-likeness (QED) is 0.851. The number of amides is 1. The Morgan fingerprint density at radius 3 is 2.81 bits per heavy atom. The molecule has 3 rings (SSSR count). The zero-order valence-corrected chi connectivity index (χ0v) is 12.0. The Kier molecular flexibility index (Phi) is 4.05. The second-order valence-corrected chi connectivity index (χ2v) is 5.83. The summed E-state index contributed by atoms with van der Waals surface area (Å²) in [5, 5.41) is 8.90. The summed E-state index contributed by atoms with van der Waals surface area (Å²) in [5.41, 5.74) is 0.617. The van der Waals surface area contributed by atoms with E-state index >= 15 is 0 Å². The zero-order valence-electron chi connectivity index (χ0n) is 12.0. The molecule has 5 heteroatoms. The van der Waals surface area contributed by atoms with Crippen molar-refractivity contribution in [3.63, 3.8) is 0 Å². The van der Waals surface area contributed by atoms with E-state index < -0.39 is 0 Å². The highest BCUT2D eigenvalue weighted by molar-refractivity contribution is 5.94. The molecule has 0 aromatic carbocycles. The van der Waals surface area contributed by atoms with Gasteiger partial charge in [0.1, 0.15) is 0 Å². The van der Waals surface area contributed by atoms with Crippen LogP contribution in [0.3, 0.4) is 0 Å².